The van der Waals surface area contributed by atoms with E-state index in [0.717, 1.165) is 6.07 Å². The van der Waals surface area contributed by atoms with Crippen LogP contribution in [0.4, 0.5) is 19.0 Å². The summed E-state index contributed by atoms with van der Waals surface area (Å²) in [5, 5.41) is 0. The molecule has 0 aliphatic carbocycles. The molecule has 6 nitrogen and oxygen atoms in total. The van der Waals surface area contributed by atoms with Crippen molar-refractivity contribution in [2.24, 2.45) is 11.7 Å². The van der Waals surface area contributed by atoms with Gasteiger partial charge in [0.05, 0.1) is 12.2 Å². The van der Waals surface area contributed by atoms with E-state index in [2.05, 4.69) is 9.97 Å². The van der Waals surface area contributed by atoms with Crippen LogP contribution in [-0.2, 0) is 6.18 Å². The first kappa shape index (κ1) is 18.9. The summed E-state index contributed by atoms with van der Waals surface area (Å²) in [6.45, 7) is 1.35. The normalized spacial score (nSPS) is 15.6. The maximum Gasteiger partial charge on any atom is 0.419 e. The largest absolute Gasteiger partial charge is 0.493 e. The summed E-state index contributed by atoms with van der Waals surface area (Å²) in [6, 6.07) is 5.45. The number of carbonyl (C=O) groups excluding carboxylic acids is 1. The second-order valence-electron chi connectivity index (χ2n) is 6.35. The number of halogens is 3. The first-order valence-corrected chi connectivity index (χ1v) is 8.50. The molecule has 1 aliphatic heterocycles. The van der Waals surface area contributed by atoms with Crippen LogP contribution in [0.2, 0.25) is 0 Å². The number of aromatic nitrogens is 2. The van der Waals surface area contributed by atoms with Crippen molar-refractivity contribution in [1.82, 2.24) is 9.97 Å². The summed E-state index contributed by atoms with van der Waals surface area (Å²) in [7, 11) is 0. The van der Waals surface area contributed by atoms with Crippen molar-refractivity contribution in [2.45, 2.75) is 19.0 Å². The number of ether oxygens (including phenoxy) is 1. The summed E-state index contributed by atoms with van der Waals surface area (Å²) in [5.74, 6) is 0.0315. The fraction of sp³-hybridized carbons (Fsp3) is 0.389. The molecule has 3 heterocycles. The van der Waals surface area contributed by atoms with Gasteiger partial charge in [0.15, 0.2) is 0 Å². The molecule has 144 valence electrons. The van der Waals surface area contributed by atoms with Crippen molar-refractivity contribution in [3.05, 3.63) is 47.9 Å². The van der Waals surface area contributed by atoms with E-state index in [1.54, 1.807) is 11.0 Å². The van der Waals surface area contributed by atoms with E-state index in [1.807, 2.05) is 0 Å². The lowest BCUT2D eigenvalue weighted by Gasteiger charge is -2.33. The summed E-state index contributed by atoms with van der Waals surface area (Å²) >= 11 is 0. The molecule has 0 radical (unpaired) electrons. The molecule has 1 fully saturated rings. The molecule has 27 heavy (non-hydrogen) atoms. The maximum atomic E-state index is 13.2. The average Bonchev–Trinajstić information content (AvgIpc) is 2.66. The Hall–Kier alpha value is -2.84. The zero-order valence-corrected chi connectivity index (χ0v) is 14.4. The quantitative estimate of drug-likeness (QED) is 0.863. The van der Waals surface area contributed by atoms with Crippen LogP contribution in [0.15, 0.2) is 36.7 Å². The zero-order valence-electron chi connectivity index (χ0n) is 14.4. The van der Waals surface area contributed by atoms with Gasteiger partial charge < -0.3 is 15.4 Å². The van der Waals surface area contributed by atoms with E-state index in [0.29, 0.717) is 38.3 Å². The smallest absolute Gasteiger partial charge is 0.419 e. The molecule has 1 saturated heterocycles. The highest BCUT2D eigenvalue weighted by molar-refractivity contribution is 5.91. The zero-order chi connectivity index (χ0) is 19.4. The fourth-order valence-electron chi connectivity index (χ4n) is 3.03. The van der Waals surface area contributed by atoms with Crippen LogP contribution >= 0.6 is 0 Å². The Morgan fingerprint density at radius 3 is 2.63 bits per heavy atom. The Kier molecular flexibility index (Phi) is 5.48. The molecule has 2 N–H and O–H groups in total. The Bertz CT molecular complexity index is 805. The number of anilines is 1. The number of piperidine rings is 1. The van der Waals surface area contributed by atoms with Crippen LogP contribution in [0, 0.1) is 5.92 Å². The van der Waals surface area contributed by atoms with Crippen LogP contribution in [0.3, 0.4) is 0 Å². The standard InChI is InChI=1S/C18H19F3N4O2/c19-18(20,21)14-2-1-6-24-17(14)25-8-4-12(5-9-25)11-27-13-3-7-23-15(10-13)16(22)26/h1-3,6-7,10,12H,4-5,8-9,11H2,(H2,22,26). The minimum Gasteiger partial charge on any atom is -0.493 e. The number of hydrogen-bond donors (Lipinski definition) is 1. The highest BCUT2D eigenvalue weighted by Crippen LogP contribution is 2.36. The molecule has 0 spiro atoms. The summed E-state index contributed by atoms with van der Waals surface area (Å²) < 4.78 is 45.2. The van der Waals surface area contributed by atoms with Crippen molar-refractivity contribution in [2.75, 3.05) is 24.6 Å². The number of pyridine rings is 2. The van der Waals surface area contributed by atoms with E-state index in [4.69, 9.17) is 10.5 Å². The molecule has 0 bridgehead atoms. The van der Waals surface area contributed by atoms with E-state index >= 15 is 0 Å². The maximum absolute atomic E-state index is 13.2. The van der Waals surface area contributed by atoms with E-state index in [9.17, 15) is 18.0 Å². The monoisotopic (exact) mass is 380 g/mol. The van der Waals surface area contributed by atoms with Crippen LogP contribution in [-0.4, -0.2) is 35.6 Å². The van der Waals surface area contributed by atoms with Gasteiger partial charge in [-0.2, -0.15) is 13.2 Å². The average molecular weight is 380 g/mol. The van der Waals surface area contributed by atoms with Crippen LogP contribution in [0.25, 0.3) is 0 Å². The fourth-order valence-corrected chi connectivity index (χ4v) is 3.03. The van der Waals surface area contributed by atoms with Crippen LogP contribution < -0.4 is 15.4 Å². The third-order valence-electron chi connectivity index (χ3n) is 4.48. The number of nitrogens with zero attached hydrogens (tertiary/aromatic N) is 3. The minimum absolute atomic E-state index is 0.0235. The molecule has 0 saturated carbocycles. The van der Waals surface area contributed by atoms with Crippen molar-refractivity contribution >= 4 is 11.7 Å². The highest BCUT2D eigenvalue weighted by atomic mass is 19.4. The third-order valence-corrected chi connectivity index (χ3v) is 4.48. The molecule has 2 aromatic rings. The minimum atomic E-state index is -4.43. The molecule has 1 amide bonds. The molecule has 0 atom stereocenters. The second kappa shape index (κ2) is 7.81. The molecular weight excluding hydrogens is 361 g/mol. The van der Waals surface area contributed by atoms with Gasteiger partial charge in [0.1, 0.15) is 17.3 Å². The lowest BCUT2D eigenvalue weighted by molar-refractivity contribution is -0.137. The molecular formula is C18H19F3N4O2. The number of alkyl halides is 3. The van der Waals surface area contributed by atoms with Gasteiger partial charge in [-0.1, -0.05) is 0 Å². The van der Waals surface area contributed by atoms with Gasteiger partial charge in [-0.25, -0.2) is 4.98 Å². The van der Waals surface area contributed by atoms with Gasteiger partial charge in [0, 0.05) is 31.5 Å². The molecule has 3 rings (SSSR count). The first-order chi connectivity index (χ1) is 12.8. The lowest BCUT2D eigenvalue weighted by atomic mass is 9.97. The Morgan fingerprint density at radius 1 is 1.22 bits per heavy atom. The van der Waals surface area contributed by atoms with Crippen molar-refractivity contribution in [3.63, 3.8) is 0 Å². The van der Waals surface area contributed by atoms with E-state index < -0.39 is 17.6 Å². The number of rotatable bonds is 5. The first-order valence-electron chi connectivity index (χ1n) is 8.50. The predicted octanol–water partition coefficient (Wildman–Crippen LogP) is 2.89. The topological polar surface area (TPSA) is 81.3 Å². The molecule has 0 unspecified atom stereocenters. The van der Waals surface area contributed by atoms with Gasteiger partial charge in [-0.3, -0.25) is 9.78 Å². The Balaban J connectivity index is 1.57. The highest BCUT2D eigenvalue weighted by Gasteiger charge is 2.36. The second-order valence-corrected chi connectivity index (χ2v) is 6.35. The lowest BCUT2D eigenvalue weighted by Crippen LogP contribution is -2.37. The third kappa shape index (κ3) is 4.66. The van der Waals surface area contributed by atoms with Crippen LogP contribution in [0.5, 0.6) is 5.75 Å². The van der Waals surface area contributed by atoms with Crippen molar-refractivity contribution in [3.8, 4) is 5.75 Å². The van der Waals surface area contributed by atoms with Gasteiger partial charge in [-0.05, 0) is 37.0 Å². The molecule has 2 aromatic heterocycles. The number of primary amides is 1. The number of amides is 1. The summed E-state index contributed by atoms with van der Waals surface area (Å²) in [4.78, 5) is 20.6. The Labute approximate surface area is 154 Å². The van der Waals surface area contributed by atoms with Gasteiger partial charge in [-0.15, -0.1) is 0 Å². The van der Waals surface area contributed by atoms with Crippen molar-refractivity contribution in [1.29, 1.82) is 0 Å². The SMILES string of the molecule is NC(=O)c1cc(OCC2CCN(c3ncccc3C(F)(F)F)CC2)ccn1. The van der Waals surface area contributed by atoms with Crippen LogP contribution in [0.1, 0.15) is 28.9 Å². The summed E-state index contributed by atoms with van der Waals surface area (Å²) in [6.07, 6.45) is -0.246. The number of hydrogen-bond acceptors (Lipinski definition) is 5. The van der Waals surface area contributed by atoms with E-state index in [-0.39, 0.29) is 17.4 Å². The Morgan fingerprint density at radius 2 is 1.96 bits per heavy atom. The number of carbonyl (C=O) groups is 1. The number of nitrogens with two attached hydrogens (primary N) is 1. The van der Waals surface area contributed by atoms with E-state index in [1.165, 1.54) is 24.5 Å². The molecule has 1 aliphatic rings. The van der Waals surface area contributed by atoms with Gasteiger partial charge in [0.25, 0.3) is 5.91 Å². The van der Waals surface area contributed by atoms with Crippen molar-refractivity contribution < 1.29 is 22.7 Å². The van der Waals surface area contributed by atoms with Gasteiger partial charge >= 0.3 is 6.18 Å². The summed E-state index contributed by atoms with van der Waals surface area (Å²) in [5.41, 5.74) is 4.60. The molecule has 9 heteroatoms. The van der Waals surface area contributed by atoms with Gasteiger partial charge in [0.2, 0.25) is 0 Å². The predicted molar refractivity (Wildman–Crippen MR) is 92.4 cm³/mol. The molecule has 0 aromatic carbocycles.